The van der Waals surface area contributed by atoms with Crippen molar-refractivity contribution in [1.29, 1.82) is 0 Å². The predicted octanol–water partition coefficient (Wildman–Crippen LogP) is 1.83. The van der Waals surface area contributed by atoms with Crippen LogP contribution in [0.1, 0.15) is 5.56 Å². The van der Waals surface area contributed by atoms with Crippen molar-refractivity contribution in [2.24, 2.45) is 0 Å². The SMILES string of the molecule is O=S(=O)(F)OCc1c(F)cc(F)cc1F. The van der Waals surface area contributed by atoms with Gasteiger partial charge in [-0.25, -0.2) is 17.4 Å². The average Bonchev–Trinajstić information content (AvgIpc) is 1.99. The summed E-state index contributed by atoms with van der Waals surface area (Å²) in [5.74, 6) is -3.87. The van der Waals surface area contributed by atoms with E-state index in [9.17, 15) is 25.5 Å². The molecule has 0 bridgehead atoms. The zero-order valence-electron chi connectivity index (χ0n) is 7.01. The van der Waals surface area contributed by atoms with Gasteiger partial charge in [0.25, 0.3) is 0 Å². The minimum absolute atomic E-state index is 0.326. The molecule has 0 N–H and O–H groups in total. The van der Waals surface area contributed by atoms with Crippen molar-refractivity contribution >= 4 is 10.5 Å². The maximum Gasteiger partial charge on any atom is 0.437 e. The van der Waals surface area contributed by atoms with E-state index in [1.54, 1.807) is 0 Å². The van der Waals surface area contributed by atoms with Crippen LogP contribution < -0.4 is 0 Å². The summed E-state index contributed by atoms with van der Waals surface area (Å²) in [4.78, 5) is 0. The Balaban J connectivity index is 2.96. The summed E-state index contributed by atoms with van der Waals surface area (Å²) in [6, 6.07) is 0.652. The second-order valence-corrected chi connectivity index (χ2v) is 3.53. The van der Waals surface area contributed by atoms with Crippen LogP contribution in [0, 0.1) is 17.5 Å². The lowest BCUT2D eigenvalue weighted by Crippen LogP contribution is -2.04. The zero-order valence-corrected chi connectivity index (χ0v) is 7.82. The summed E-state index contributed by atoms with van der Waals surface area (Å²) in [5.41, 5.74) is -0.863. The Labute approximate surface area is 82.7 Å². The topological polar surface area (TPSA) is 43.4 Å². The maximum atomic E-state index is 12.8. The van der Waals surface area contributed by atoms with Crippen molar-refractivity contribution in [2.45, 2.75) is 6.61 Å². The summed E-state index contributed by atoms with van der Waals surface area (Å²) in [6.45, 7) is -1.17. The normalized spacial score (nSPS) is 11.7. The van der Waals surface area contributed by atoms with Crippen LogP contribution in [0.25, 0.3) is 0 Å². The van der Waals surface area contributed by atoms with E-state index in [2.05, 4.69) is 4.18 Å². The van der Waals surface area contributed by atoms with Crippen LogP contribution in [-0.2, 0) is 21.3 Å². The highest BCUT2D eigenvalue weighted by Gasteiger charge is 2.15. The summed E-state index contributed by atoms with van der Waals surface area (Å²) in [5, 5.41) is 0. The van der Waals surface area contributed by atoms with Gasteiger partial charge in [-0.1, -0.05) is 3.89 Å². The third-order valence-electron chi connectivity index (χ3n) is 1.45. The third kappa shape index (κ3) is 3.48. The molecule has 1 aromatic carbocycles. The summed E-state index contributed by atoms with van der Waals surface area (Å²) >= 11 is 0. The Kier molecular flexibility index (Phi) is 3.30. The van der Waals surface area contributed by atoms with E-state index < -0.39 is 40.1 Å². The van der Waals surface area contributed by atoms with Crippen molar-refractivity contribution < 1.29 is 29.7 Å². The van der Waals surface area contributed by atoms with Gasteiger partial charge in [0.15, 0.2) is 0 Å². The molecule has 0 aliphatic heterocycles. The standard InChI is InChI=1S/C7H4F4O3S/c8-4-1-6(9)5(7(10)2-4)3-14-15(11,12)13/h1-2H,3H2. The molecule has 0 amide bonds. The summed E-state index contributed by atoms with van der Waals surface area (Å²) in [6.07, 6.45) is 0. The fourth-order valence-electron chi connectivity index (χ4n) is 0.839. The van der Waals surface area contributed by atoms with E-state index in [0.29, 0.717) is 12.1 Å². The number of rotatable bonds is 3. The smallest absolute Gasteiger partial charge is 0.240 e. The van der Waals surface area contributed by atoms with Crippen LogP contribution in [0.4, 0.5) is 17.1 Å². The van der Waals surface area contributed by atoms with Crippen molar-refractivity contribution in [1.82, 2.24) is 0 Å². The van der Waals surface area contributed by atoms with Crippen molar-refractivity contribution in [3.63, 3.8) is 0 Å². The second kappa shape index (κ2) is 4.15. The number of halogens is 4. The number of hydrogen-bond acceptors (Lipinski definition) is 3. The zero-order chi connectivity index (χ0) is 11.6. The van der Waals surface area contributed by atoms with Crippen molar-refractivity contribution in [3.05, 3.63) is 35.1 Å². The van der Waals surface area contributed by atoms with Crippen LogP contribution in [0.3, 0.4) is 0 Å². The Hall–Kier alpha value is -1.15. The van der Waals surface area contributed by atoms with Crippen LogP contribution in [0.15, 0.2) is 12.1 Å². The molecule has 8 heteroatoms. The largest absolute Gasteiger partial charge is 0.437 e. The number of benzene rings is 1. The van der Waals surface area contributed by atoms with E-state index in [-0.39, 0.29) is 0 Å². The van der Waals surface area contributed by atoms with E-state index >= 15 is 0 Å². The first-order valence-corrected chi connectivity index (χ1v) is 4.83. The van der Waals surface area contributed by atoms with E-state index in [4.69, 9.17) is 0 Å². The quantitative estimate of drug-likeness (QED) is 0.601. The molecule has 0 spiro atoms. The Morgan fingerprint density at radius 3 is 2.00 bits per heavy atom. The van der Waals surface area contributed by atoms with E-state index in [0.717, 1.165) is 0 Å². The molecule has 0 radical (unpaired) electrons. The highest BCUT2D eigenvalue weighted by molar-refractivity contribution is 7.81. The highest BCUT2D eigenvalue weighted by atomic mass is 32.3. The monoisotopic (exact) mass is 244 g/mol. The lowest BCUT2D eigenvalue weighted by atomic mass is 10.2. The van der Waals surface area contributed by atoms with Gasteiger partial charge < -0.3 is 0 Å². The molecular weight excluding hydrogens is 240 g/mol. The molecule has 0 aliphatic rings. The van der Waals surface area contributed by atoms with E-state index in [1.165, 1.54) is 0 Å². The summed E-state index contributed by atoms with van der Waals surface area (Å²) in [7, 11) is -5.29. The second-order valence-electron chi connectivity index (χ2n) is 2.50. The predicted molar refractivity (Wildman–Crippen MR) is 41.1 cm³/mol. The molecule has 0 aromatic heterocycles. The lowest BCUT2D eigenvalue weighted by Gasteiger charge is -2.03. The van der Waals surface area contributed by atoms with Gasteiger partial charge >= 0.3 is 10.5 Å². The molecule has 0 heterocycles. The molecule has 0 aliphatic carbocycles. The number of hydrogen-bond donors (Lipinski definition) is 0. The molecule has 3 nitrogen and oxygen atoms in total. The molecular formula is C7H4F4O3S. The fraction of sp³-hybridized carbons (Fsp3) is 0.143. The van der Waals surface area contributed by atoms with Gasteiger partial charge in [-0.2, -0.15) is 8.42 Å². The molecule has 0 atom stereocenters. The van der Waals surface area contributed by atoms with Crippen LogP contribution in [-0.4, -0.2) is 8.42 Å². The third-order valence-corrected chi connectivity index (χ3v) is 1.85. The van der Waals surface area contributed by atoms with Gasteiger partial charge in [0, 0.05) is 12.1 Å². The Bertz CT molecular complexity index is 448. The first kappa shape index (κ1) is 11.9. The highest BCUT2D eigenvalue weighted by Crippen LogP contribution is 2.16. The molecule has 1 rings (SSSR count). The lowest BCUT2D eigenvalue weighted by molar-refractivity contribution is 0.273. The van der Waals surface area contributed by atoms with E-state index in [1.807, 2.05) is 0 Å². The van der Waals surface area contributed by atoms with Gasteiger partial charge in [0.1, 0.15) is 17.5 Å². The summed E-state index contributed by atoms with van der Waals surface area (Å²) < 4.78 is 73.1. The molecule has 0 fully saturated rings. The fourth-order valence-corrected chi connectivity index (χ4v) is 1.10. The first-order valence-electron chi connectivity index (χ1n) is 3.52. The van der Waals surface area contributed by atoms with Crippen molar-refractivity contribution in [3.8, 4) is 0 Å². The average molecular weight is 244 g/mol. The molecule has 1 aromatic rings. The van der Waals surface area contributed by atoms with Gasteiger partial charge in [-0.15, -0.1) is 0 Å². The van der Waals surface area contributed by atoms with Crippen LogP contribution in [0.2, 0.25) is 0 Å². The first-order chi connectivity index (χ1) is 6.79. The molecule has 0 saturated carbocycles. The molecule has 0 unspecified atom stereocenters. The maximum absolute atomic E-state index is 12.8. The molecule has 15 heavy (non-hydrogen) atoms. The van der Waals surface area contributed by atoms with Crippen LogP contribution >= 0.6 is 0 Å². The van der Waals surface area contributed by atoms with Crippen LogP contribution in [0.5, 0.6) is 0 Å². The molecule has 84 valence electrons. The van der Waals surface area contributed by atoms with Crippen molar-refractivity contribution in [2.75, 3.05) is 0 Å². The minimum atomic E-state index is -5.29. The van der Waals surface area contributed by atoms with Gasteiger partial charge in [-0.05, 0) is 0 Å². The van der Waals surface area contributed by atoms with Gasteiger partial charge in [-0.3, -0.25) is 0 Å². The van der Waals surface area contributed by atoms with Gasteiger partial charge in [0.05, 0.1) is 12.2 Å². The van der Waals surface area contributed by atoms with Gasteiger partial charge in [0.2, 0.25) is 0 Å². The molecule has 0 saturated heterocycles. The Morgan fingerprint density at radius 1 is 1.13 bits per heavy atom. The minimum Gasteiger partial charge on any atom is -0.240 e. The Morgan fingerprint density at radius 2 is 1.60 bits per heavy atom.